The van der Waals surface area contributed by atoms with Gasteiger partial charge in [0.15, 0.2) is 0 Å². The molecule has 0 amide bonds. The molecule has 0 saturated carbocycles. The van der Waals surface area contributed by atoms with E-state index in [4.69, 9.17) is 4.74 Å². The summed E-state index contributed by atoms with van der Waals surface area (Å²) in [4.78, 5) is 14.5. The number of carbonyl (C=O) groups is 1. The van der Waals surface area contributed by atoms with Crippen LogP contribution in [-0.2, 0) is 9.53 Å². The second-order valence-corrected chi connectivity index (χ2v) is 6.43. The fraction of sp³-hybridized carbons (Fsp3) is 0.933. The minimum atomic E-state index is -0.136. The molecule has 2 rings (SSSR count). The van der Waals surface area contributed by atoms with Gasteiger partial charge in [-0.05, 0) is 51.1 Å². The molecular weight excluding hydrogens is 240 g/mol. The van der Waals surface area contributed by atoms with Gasteiger partial charge in [0.2, 0.25) is 0 Å². The van der Waals surface area contributed by atoms with Crippen LogP contribution in [0.4, 0.5) is 0 Å². The smallest absolute Gasteiger partial charge is 0.322 e. The molecule has 0 aromatic heterocycles. The van der Waals surface area contributed by atoms with Crippen LogP contribution in [0.5, 0.6) is 0 Å². The maximum atomic E-state index is 11.9. The Bertz CT molecular complexity index is 307. The van der Waals surface area contributed by atoms with Crippen LogP contribution in [-0.4, -0.2) is 49.2 Å². The quantitative estimate of drug-likeness (QED) is 0.772. The third kappa shape index (κ3) is 3.93. The van der Waals surface area contributed by atoms with Gasteiger partial charge >= 0.3 is 5.97 Å². The Morgan fingerprint density at radius 1 is 1.37 bits per heavy atom. The van der Waals surface area contributed by atoms with Crippen LogP contribution in [0, 0.1) is 5.92 Å². The fourth-order valence-electron chi connectivity index (χ4n) is 3.51. The number of fused-ring (bicyclic) bond motifs is 1. The predicted molar refractivity (Wildman–Crippen MR) is 76.0 cm³/mol. The molecule has 4 nitrogen and oxygen atoms in total. The highest BCUT2D eigenvalue weighted by atomic mass is 16.5. The summed E-state index contributed by atoms with van der Waals surface area (Å²) < 4.78 is 4.93. The van der Waals surface area contributed by atoms with Crippen LogP contribution in [0.25, 0.3) is 0 Å². The zero-order chi connectivity index (χ0) is 13.8. The van der Waals surface area contributed by atoms with E-state index >= 15 is 0 Å². The molecule has 2 fully saturated rings. The monoisotopic (exact) mass is 268 g/mol. The molecule has 2 heterocycles. The standard InChI is InChI=1S/C15H28N2O2/c1-11(2)9-14(15(18)19-3)16-12-6-8-17-7-4-5-13(17)10-12/h11-14,16H,4-10H2,1-3H3. The summed E-state index contributed by atoms with van der Waals surface area (Å²) in [7, 11) is 1.48. The van der Waals surface area contributed by atoms with E-state index in [2.05, 4.69) is 24.1 Å². The van der Waals surface area contributed by atoms with Gasteiger partial charge in [0.05, 0.1) is 7.11 Å². The first-order valence-electron chi connectivity index (χ1n) is 7.68. The van der Waals surface area contributed by atoms with Gasteiger partial charge in [0, 0.05) is 12.1 Å². The van der Waals surface area contributed by atoms with E-state index in [-0.39, 0.29) is 12.0 Å². The SMILES string of the molecule is COC(=O)C(CC(C)C)NC1CCN2CCCC2C1. The van der Waals surface area contributed by atoms with E-state index in [1.165, 1.54) is 39.5 Å². The number of piperidine rings is 1. The van der Waals surface area contributed by atoms with Crippen molar-refractivity contribution < 1.29 is 9.53 Å². The lowest BCUT2D eigenvalue weighted by Gasteiger charge is -2.36. The number of hydrogen-bond acceptors (Lipinski definition) is 4. The number of rotatable bonds is 5. The van der Waals surface area contributed by atoms with Crippen molar-refractivity contribution in [3.05, 3.63) is 0 Å². The number of methoxy groups -OCH3 is 1. The first kappa shape index (κ1) is 14.8. The first-order chi connectivity index (χ1) is 9.10. The van der Waals surface area contributed by atoms with Crippen molar-refractivity contribution in [1.29, 1.82) is 0 Å². The normalized spacial score (nSPS) is 29.3. The van der Waals surface area contributed by atoms with Crippen LogP contribution in [0.15, 0.2) is 0 Å². The third-order valence-electron chi connectivity index (χ3n) is 4.45. The molecule has 0 bridgehead atoms. The van der Waals surface area contributed by atoms with Crippen molar-refractivity contribution >= 4 is 5.97 Å². The largest absolute Gasteiger partial charge is 0.468 e. The highest BCUT2D eigenvalue weighted by Crippen LogP contribution is 2.27. The van der Waals surface area contributed by atoms with Gasteiger partial charge in [0.1, 0.15) is 6.04 Å². The number of nitrogens with one attached hydrogen (secondary N) is 1. The fourth-order valence-corrected chi connectivity index (χ4v) is 3.51. The minimum Gasteiger partial charge on any atom is -0.468 e. The lowest BCUT2D eigenvalue weighted by atomic mass is 9.95. The van der Waals surface area contributed by atoms with E-state index in [0.717, 1.165) is 18.9 Å². The van der Waals surface area contributed by atoms with Gasteiger partial charge in [-0.25, -0.2) is 0 Å². The van der Waals surface area contributed by atoms with Crippen LogP contribution in [0.1, 0.15) is 46.0 Å². The Hall–Kier alpha value is -0.610. The number of esters is 1. The zero-order valence-electron chi connectivity index (χ0n) is 12.5. The van der Waals surface area contributed by atoms with Crippen molar-refractivity contribution in [2.24, 2.45) is 5.92 Å². The van der Waals surface area contributed by atoms with E-state index in [1.807, 2.05) is 0 Å². The molecular formula is C15H28N2O2. The van der Waals surface area contributed by atoms with Crippen LogP contribution in [0.2, 0.25) is 0 Å². The summed E-state index contributed by atoms with van der Waals surface area (Å²) in [6.45, 7) is 6.75. The molecule has 110 valence electrons. The molecule has 3 atom stereocenters. The maximum absolute atomic E-state index is 11.9. The van der Waals surface area contributed by atoms with Gasteiger partial charge in [-0.1, -0.05) is 13.8 Å². The van der Waals surface area contributed by atoms with Crippen molar-refractivity contribution in [2.75, 3.05) is 20.2 Å². The average Bonchev–Trinajstić information content (AvgIpc) is 2.84. The van der Waals surface area contributed by atoms with E-state index in [1.54, 1.807) is 0 Å². The van der Waals surface area contributed by atoms with Gasteiger partial charge in [-0.3, -0.25) is 4.79 Å². The van der Waals surface area contributed by atoms with E-state index < -0.39 is 0 Å². The van der Waals surface area contributed by atoms with Gasteiger partial charge in [0.25, 0.3) is 0 Å². The molecule has 0 aromatic carbocycles. The van der Waals surface area contributed by atoms with Gasteiger partial charge < -0.3 is 15.0 Å². The summed E-state index contributed by atoms with van der Waals surface area (Å²) in [5, 5.41) is 3.55. The second-order valence-electron chi connectivity index (χ2n) is 6.43. The van der Waals surface area contributed by atoms with Crippen LogP contribution in [0.3, 0.4) is 0 Å². The molecule has 0 spiro atoms. The Morgan fingerprint density at radius 2 is 2.16 bits per heavy atom. The molecule has 19 heavy (non-hydrogen) atoms. The van der Waals surface area contributed by atoms with Gasteiger partial charge in [-0.15, -0.1) is 0 Å². The molecule has 0 aromatic rings. The number of carbonyl (C=O) groups excluding carboxylic acids is 1. The average molecular weight is 268 g/mol. The predicted octanol–water partition coefficient (Wildman–Crippen LogP) is 1.79. The molecule has 3 unspecified atom stereocenters. The summed E-state index contributed by atoms with van der Waals surface area (Å²) in [5.41, 5.74) is 0. The lowest BCUT2D eigenvalue weighted by molar-refractivity contribution is -0.144. The highest BCUT2D eigenvalue weighted by molar-refractivity contribution is 5.75. The summed E-state index contributed by atoms with van der Waals surface area (Å²) in [5.74, 6) is 0.394. The summed E-state index contributed by atoms with van der Waals surface area (Å²) in [6.07, 6.45) is 5.86. The number of ether oxygens (including phenoxy) is 1. The number of hydrogen-bond donors (Lipinski definition) is 1. The molecule has 0 radical (unpaired) electrons. The number of nitrogens with zero attached hydrogens (tertiary/aromatic N) is 1. The van der Waals surface area contributed by atoms with Gasteiger partial charge in [-0.2, -0.15) is 0 Å². The summed E-state index contributed by atoms with van der Waals surface area (Å²) >= 11 is 0. The van der Waals surface area contributed by atoms with Crippen molar-refractivity contribution in [3.8, 4) is 0 Å². The van der Waals surface area contributed by atoms with Crippen molar-refractivity contribution in [2.45, 2.75) is 64.1 Å². The first-order valence-corrected chi connectivity index (χ1v) is 7.68. The highest BCUT2D eigenvalue weighted by Gasteiger charge is 2.33. The molecule has 1 N–H and O–H groups in total. The lowest BCUT2D eigenvalue weighted by Crippen LogP contribution is -2.51. The molecule has 0 aliphatic carbocycles. The van der Waals surface area contributed by atoms with E-state index in [9.17, 15) is 4.79 Å². The Kier molecular flexibility index (Phi) is 5.22. The topological polar surface area (TPSA) is 41.6 Å². The Morgan fingerprint density at radius 3 is 2.84 bits per heavy atom. The Labute approximate surface area is 116 Å². The van der Waals surface area contributed by atoms with Crippen molar-refractivity contribution in [3.63, 3.8) is 0 Å². The summed E-state index contributed by atoms with van der Waals surface area (Å²) in [6, 6.07) is 1.08. The molecule has 4 heteroatoms. The van der Waals surface area contributed by atoms with Crippen LogP contribution >= 0.6 is 0 Å². The second kappa shape index (κ2) is 6.71. The van der Waals surface area contributed by atoms with Crippen molar-refractivity contribution in [1.82, 2.24) is 10.2 Å². The van der Waals surface area contributed by atoms with E-state index in [0.29, 0.717) is 12.0 Å². The molecule has 2 saturated heterocycles. The molecule has 2 aliphatic heterocycles. The zero-order valence-corrected chi connectivity index (χ0v) is 12.5. The third-order valence-corrected chi connectivity index (χ3v) is 4.45. The van der Waals surface area contributed by atoms with Crippen LogP contribution < -0.4 is 5.32 Å². The Balaban J connectivity index is 1.87. The minimum absolute atomic E-state index is 0.109. The maximum Gasteiger partial charge on any atom is 0.322 e. The molecule has 2 aliphatic rings.